The average molecular weight is 224 g/mol. The molecule has 0 spiro atoms. The molecule has 1 N–H and O–H groups in total. The highest BCUT2D eigenvalue weighted by Crippen LogP contribution is 2.14. The zero-order chi connectivity index (χ0) is 10.5. The lowest BCUT2D eigenvalue weighted by molar-refractivity contribution is 0.0968. The van der Waals surface area contributed by atoms with Gasteiger partial charge in [-0.3, -0.25) is 4.79 Å². The molecule has 1 aliphatic rings. The van der Waals surface area contributed by atoms with Crippen LogP contribution in [0.3, 0.4) is 0 Å². The quantitative estimate of drug-likeness (QED) is 0.801. The van der Waals surface area contributed by atoms with Crippen LogP contribution in [0, 0.1) is 0 Å². The van der Waals surface area contributed by atoms with Crippen molar-refractivity contribution in [1.82, 2.24) is 10.3 Å². The zero-order valence-corrected chi connectivity index (χ0v) is 9.55. The van der Waals surface area contributed by atoms with Crippen LogP contribution < -0.4 is 5.32 Å². The normalized spacial score (nSPS) is 22.3. The highest BCUT2D eigenvalue weighted by molar-refractivity contribution is 7.11. The largest absolute Gasteiger partial charge is 0.314 e. The van der Waals surface area contributed by atoms with Crippen molar-refractivity contribution in [2.45, 2.75) is 38.1 Å². The molecule has 1 unspecified atom stereocenters. The van der Waals surface area contributed by atoms with Gasteiger partial charge < -0.3 is 5.32 Å². The highest BCUT2D eigenvalue weighted by atomic mass is 32.1. The Morgan fingerprint density at radius 2 is 2.47 bits per heavy atom. The lowest BCUT2D eigenvalue weighted by atomic mass is 10.1. The summed E-state index contributed by atoms with van der Waals surface area (Å²) >= 11 is 1.44. The summed E-state index contributed by atoms with van der Waals surface area (Å²) in [5.74, 6) is 0.185. The van der Waals surface area contributed by atoms with Crippen molar-refractivity contribution in [3.63, 3.8) is 0 Å². The molecule has 1 aliphatic heterocycles. The number of hydrogen-bond donors (Lipinski definition) is 1. The fourth-order valence-corrected chi connectivity index (χ4v) is 2.53. The van der Waals surface area contributed by atoms with Crippen LogP contribution in [0.1, 0.15) is 41.9 Å². The second kappa shape index (κ2) is 5.37. The molecule has 3 nitrogen and oxygen atoms in total. The molecule has 1 atom stereocenters. The maximum atomic E-state index is 11.8. The molecule has 15 heavy (non-hydrogen) atoms. The molecule has 2 heterocycles. The molecule has 0 radical (unpaired) electrons. The molecule has 0 aliphatic carbocycles. The Bertz CT molecular complexity index is 302. The molecule has 1 aromatic rings. The molecule has 1 aromatic heterocycles. The number of rotatable bonds is 3. The van der Waals surface area contributed by atoms with Crippen molar-refractivity contribution in [2.24, 2.45) is 0 Å². The predicted molar refractivity (Wildman–Crippen MR) is 61.3 cm³/mol. The molecule has 1 fully saturated rings. The Hall–Kier alpha value is -0.740. The number of ketones is 1. The van der Waals surface area contributed by atoms with Gasteiger partial charge in [-0.1, -0.05) is 12.8 Å². The van der Waals surface area contributed by atoms with E-state index in [1.54, 1.807) is 6.20 Å². The predicted octanol–water partition coefficient (Wildman–Crippen LogP) is 2.25. The van der Waals surface area contributed by atoms with Crippen LogP contribution in [0.2, 0.25) is 0 Å². The van der Waals surface area contributed by atoms with Crippen LogP contribution in [-0.2, 0) is 0 Å². The topological polar surface area (TPSA) is 42.0 Å². The van der Waals surface area contributed by atoms with E-state index in [0.29, 0.717) is 17.5 Å². The number of Topliss-reactive ketones (excluding diaryl/α,β-unsaturated/α-hetero) is 1. The van der Waals surface area contributed by atoms with E-state index in [2.05, 4.69) is 10.3 Å². The van der Waals surface area contributed by atoms with Gasteiger partial charge in [0.2, 0.25) is 0 Å². The van der Waals surface area contributed by atoms with E-state index < -0.39 is 0 Å². The molecule has 1 saturated heterocycles. The van der Waals surface area contributed by atoms with E-state index >= 15 is 0 Å². The average Bonchev–Trinajstić information content (AvgIpc) is 2.65. The summed E-state index contributed by atoms with van der Waals surface area (Å²) in [5.41, 5.74) is 0. The first-order valence-corrected chi connectivity index (χ1v) is 6.40. The van der Waals surface area contributed by atoms with E-state index in [4.69, 9.17) is 0 Å². The van der Waals surface area contributed by atoms with Crippen LogP contribution in [-0.4, -0.2) is 23.4 Å². The number of thiazole rings is 1. The molecular weight excluding hydrogens is 208 g/mol. The lowest BCUT2D eigenvalue weighted by Crippen LogP contribution is -2.30. The molecule has 0 bridgehead atoms. The Kier molecular flexibility index (Phi) is 3.86. The number of hydrogen-bond acceptors (Lipinski definition) is 4. The van der Waals surface area contributed by atoms with E-state index in [1.807, 2.05) is 5.38 Å². The second-order valence-electron chi connectivity index (χ2n) is 3.96. The summed E-state index contributed by atoms with van der Waals surface area (Å²) in [4.78, 5) is 15.8. The van der Waals surface area contributed by atoms with Gasteiger partial charge in [0.1, 0.15) is 0 Å². The molecule has 4 heteroatoms. The van der Waals surface area contributed by atoms with E-state index in [9.17, 15) is 4.79 Å². The zero-order valence-electron chi connectivity index (χ0n) is 8.74. The van der Waals surface area contributed by atoms with E-state index in [1.165, 1.54) is 30.6 Å². The van der Waals surface area contributed by atoms with Gasteiger partial charge in [-0.15, -0.1) is 11.3 Å². The molecular formula is C11H16N2OS. The van der Waals surface area contributed by atoms with Gasteiger partial charge in [-0.25, -0.2) is 4.98 Å². The van der Waals surface area contributed by atoms with Gasteiger partial charge in [-0.05, 0) is 19.4 Å². The maximum absolute atomic E-state index is 11.8. The van der Waals surface area contributed by atoms with Gasteiger partial charge in [0.25, 0.3) is 0 Å². The lowest BCUT2D eigenvalue weighted by Gasteiger charge is -2.13. The number of carbonyl (C=O) groups is 1. The van der Waals surface area contributed by atoms with Crippen LogP contribution in [0.25, 0.3) is 0 Å². The monoisotopic (exact) mass is 224 g/mol. The third kappa shape index (κ3) is 3.11. The van der Waals surface area contributed by atoms with Crippen LogP contribution in [0.4, 0.5) is 0 Å². The maximum Gasteiger partial charge on any atom is 0.192 e. The Balaban J connectivity index is 1.87. The first-order valence-electron chi connectivity index (χ1n) is 5.52. The Morgan fingerprint density at radius 1 is 1.53 bits per heavy atom. The summed E-state index contributed by atoms with van der Waals surface area (Å²) in [6.45, 7) is 1.05. The summed E-state index contributed by atoms with van der Waals surface area (Å²) in [7, 11) is 0. The highest BCUT2D eigenvalue weighted by Gasteiger charge is 2.17. The van der Waals surface area contributed by atoms with Crippen molar-refractivity contribution in [3.05, 3.63) is 16.6 Å². The fourth-order valence-electron chi connectivity index (χ4n) is 1.95. The first kappa shape index (κ1) is 10.8. The Morgan fingerprint density at radius 3 is 3.27 bits per heavy atom. The third-order valence-corrected chi connectivity index (χ3v) is 3.58. The van der Waals surface area contributed by atoms with Gasteiger partial charge in [0.15, 0.2) is 10.8 Å². The first-order chi connectivity index (χ1) is 7.36. The fraction of sp³-hybridized carbons (Fsp3) is 0.636. The summed E-state index contributed by atoms with van der Waals surface area (Å²) < 4.78 is 0. The number of carbonyl (C=O) groups excluding carboxylic acids is 1. The molecule has 2 rings (SSSR count). The van der Waals surface area contributed by atoms with Crippen molar-refractivity contribution >= 4 is 17.1 Å². The SMILES string of the molecule is O=C(CC1CCCCCN1)c1nccs1. The standard InChI is InChI=1S/C11H16N2OS/c14-10(11-13-6-7-15-11)8-9-4-2-1-3-5-12-9/h6-7,9,12H,1-5,8H2. The minimum atomic E-state index is 0.185. The third-order valence-electron chi connectivity index (χ3n) is 2.77. The minimum absolute atomic E-state index is 0.185. The van der Waals surface area contributed by atoms with Gasteiger partial charge >= 0.3 is 0 Å². The molecule has 82 valence electrons. The number of aromatic nitrogens is 1. The number of nitrogens with one attached hydrogen (secondary N) is 1. The van der Waals surface area contributed by atoms with Crippen LogP contribution in [0.5, 0.6) is 0 Å². The smallest absolute Gasteiger partial charge is 0.192 e. The molecule has 0 saturated carbocycles. The Labute approximate surface area is 93.9 Å². The van der Waals surface area contributed by atoms with E-state index in [0.717, 1.165) is 13.0 Å². The van der Waals surface area contributed by atoms with Crippen molar-refractivity contribution in [2.75, 3.05) is 6.54 Å². The van der Waals surface area contributed by atoms with Crippen molar-refractivity contribution in [3.8, 4) is 0 Å². The van der Waals surface area contributed by atoms with Gasteiger partial charge in [0, 0.05) is 24.0 Å². The van der Waals surface area contributed by atoms with Crippen LogP contribution in [0.15, 0.2) is 11.6 Å². The summed E-state index contributed by atoms with van der Waals surface area (Å²) in [5, 5.41) is 5.94. The minimum Gasteiger partial charge on any atom is -0.314 e. The van der Waals surface area contributed by atoms with Gasteiger partial charge in [0.05, 0.1) is 0 Å². The van der Waals surface area contributed by atoms with Crippen molar-refractivity contribution < 1.29 is 4.79 Å². The second-order valence-corrected chi connectivity index (χ2v) is 4.86. The summed E-state index contributed by atoms with van der Waals surface area (Å²) in [6.07, 6.45) is 7.18. The van der Waals surface area contributed by atoms with Crippen LogP contribution >= 0.6 is 11.3 Å². The van der Waals surface area contributed by atoms with Crippen molar-refractivity contribution in [1.29, 1.82) is 0 Å². The molecule has 0 amide bonds. The molecule has 0 aromatic carbocycles. The van der Waals surface area contributed by atoms with E-state index in [-0.39, 0.29) is 5.78 Å². The summed E-state index contributed by atoms with van der Waals surface area (Å²) in [6, 6.07) is 0.365. The number of nitrogens with zero attached hydrogens (tertiary/aromatic N) is 1. The van der Waals surface area contributed by atoms with Gasteiger partial charge in [-0.2, -0.15) is 0 Å².